The van der Waals surface area contributed by atoms with Crippen molar-refractivity contribution in [2.45, 2.75) is 39.7 Å². The van der Waals surface area contributed by atoms with Crippen molar-refractivity contribution in [2.24, 2.45) is 0 Å². The molecule has 1 fully saturated rings. The molecule has 160 valence electrons. The number of carbonyl (C=O) groups is 1. The molecule has 1 heterocycles. The van der Waals surface area contributed by atoms with Crippen molar-refractivity contribution in [3.8, 4) is 0 Å². The summed E-state index contributed by atoms with van der Waals surface area (Å²) in [4.78, 5) is 16.8. The lowest BCUT2D eigenvalue weighted by molar-refractivity contribution is 0.195. The average Bonchev–Trinajstić information content (AvgIpc) is 3.21. The van der Waals surface area contributed by atoms with E-state index in [0.717, 1.165) is 43.9 Å². The van der Waals surface area contributed by atoms with Crippen LogP contribution in [0.15, 0.2) is 54.6 Å². The number of allylic oxidation sites excluding steroid dienone is 1. The molecule has 0 radical (unpaired) electrons. The molecule has 4 nitrogen and oxygen atoms in total. The Balaban J connectivity index is 1.51. The Morgan fingerprint density at radius 2 is 1.97 bits per heavy atom. The summed E-state index contributed by atoms with van der Waals surface area (Å²) in [6.45, 7) is 8.13. The predicted octanol–water partition coefficient (Wildman–Crippen LogP) is 5.71. The molecule has 0 aromatic heterocycles. The van der Waals surface area contributed by atoms with Crippen LogP contribution >= 0.6 is 11.6 Å². The van der Waals surface area contributed by atoms with Crippen LogP contribution in [0.25, 0.3) is 5.57 Å². The van der Waals surface area contributed by atoms with Gasteiger partial charge in [0.15, 0.2) is 0 Å². The van der Waals surface area contributed by atoms with Crippen molar-refractivity contribution in [2.75, 3.05) is 26.3 Å². The first-order valence-electron chi connectivity index (χ1n) is 10.8. The van der Waals surface area contributed by atoms with Crippen LogP contribution < -0.4 is 5.32 Å². The lowest BCUT2D eigenvalue weighted by atomic mass is 9.97. The second kappa shape index (κ2) is 11.2. The highest BCUT2D eigenvalue weighted by Gasteiger charge is 2.23. The number of aryl methyl sites for hydroxylation is 1. The molecule has 0 aliphatic carbocycles. The molecule has 0 atom stereocenters. The number of hydrogen-bond acceptors (Lipinski definition) is 2. The molecule has 1 aliphatic heterocycles. The van der Waals surface area contributed by atoms with Gasteiger partial charge in [0.05, 0.1) is 6.67 Å². The third kappa shape index (κ3) is 6.35. The maximum Gasteiger partial charge on any atom is 0.318 e. The van der Waals surface area contributed by atoms with E-state index in [0.29, 0.717) is 13.2 Å². The van der Waals surface area contributed by atoms with Crippen molar-refractivity contribution in [1.29, 1.82) is 0 Å². The third-order valence-electron chi connectivity index (χ3n) is 5.49. The first-order valence-corrected chi connectivity index (χ1v) is 11.2. The standard InChI is InChI=1S/C25H32ClN3O/c1-3-4-10-22(24-17-23(26)12-11-20(24)2)13-14-27-25(30)29-16-15-28(19-29)18-21-8-6-5-7-9-21/h5-12,17H,3-4,13-16,18-19H2,1-2H3,(H,27,30)/b22-10-. The highest BCUT2D eigenvalue weighted by atomic mass is 35.5. The Morgan fingerprint density at radius 1 is 1.17 bits per heavy atom. The molecule has 0 bridgehead atoms. The van der Waals surface area contributed by atoms with E-state index in [1.165, 1.54) is 22.3 Å². The molecule has 5 heteroatoms. The largest absolute Gasteiger partial charge is 0.338 e. The van der Waals surface area contributed by atoms with E-state index in [1.54, 1.807) is 0 Å². The van der Waals surface area contributed by atoms with Gasteiger partial charge in [-0.3, -0.25) is 4.90 Å². The van der Waals surface area contributed by atoms with Crippen LogP contribution in [0.2, 0.25) is 5.02 Å². The zero-order valence-electron chi connectivity index (χ0n) is 18.0. The minimum absolute atomic E-state index is 0.0169. The number of benzene rings is 2. The Morgan fingerprint density at radius 3 is 2.73 bits per heavy atom. The van der Waals surface area contributed by atoms with Crippen molar-refractivity contribution in [3.63, 3.8) is 0 Å². The molecule has 2 aromatic rings. The summed E-state index contributed by atoms with van der Waals surface area (Å²) in [5, 5.41) is 3.85. The van der Waals surface area contributed by atoms with Gasteiger partial charge in [0.1, 0.15) is 0 Å². The number of unbranched alkanes of at least 4 members (excludes halogenated alkanes) is 1. The first-order chi connectivity index (χ1) is 14.6. The van der Waals surface area contributed by atoms with Crippen LogP contribution in [-0.2, 0) is 6.54 Å². The van der Waals surface area contributed by atoms with E-state index < -0.39 is 0 Å². The van der Waals surface area contributed by atoms with E-state index in [2.05, 4.69) is 60.5 Å². The molecule has 1 N–H and O–H groups in total. The fourth-order valence-corrected chi connectivity index (χ4v) is 3.97. The molecule has 3 rings (SSSR count). The molecule has 0 unspecified atom stereocenters. The monoisotopic (exact) mass is 425 g/mol. The fraction of sp³-hybridized carbons (Fsp3) is 0.400. The summed E-state index contributed by atoms with van der Waals surface area (Å²) in [5.74, 6) is 0. The summed E-state index contributed by atoms with van der Waals surface area (Å²) in [5.41, 5.74) is 4.93. The predicted molar refractivity (Wildman–Crippen MR) is 126 cm³/mol. The van der Waals surface area contributed by atoms with Gasteiger partial charge in [-0.25, -0.2) is 4.79 Å². The van der Waals surface area contributed by atoms with Gasteiger partial charge >= 0.3 is 6.03 Å². The van der Waals surface area contributed by atoms with Gasteiger partial charge in [-0.05, 0) is 54.2 Å². The van der Waals surface area contributed by atoms with Crippen LogP contribution in [0, 0.1) is 6.92 Å². The molecular weight excluding hydrogens is 394 g/mol. The number of rotatable bonds is 8. The minimum atomic E-state index is 0.0169. The van der Waals surface area contributed by atoms with Gasteiger partial charge in [-0.2, -0.15) is 0 Å². The van der Waals surface area contributed by atoms with E-state index in [1.807, 2.05) is 23.1 Å². The minimum Gasteiger partial charge on any atom is -0.338 e. The van der Waals surface area contributed by atoms with E-state index in [4.69, 9.17) is 11.6 Å². The molecule has 2 amide bonds. The van der Waals surface area contributed by atoms with E-state index in [-0.39, 0.29) is 6.03 Å². The highest BCUT2D eigenvalue weighted by molar-refractivity contribution is 6.30. The summed E-state index contributed by atoms with van der Waals surface area (Å²) >= 11 is 6.23. The second-order valence-electron chi connectivity index (χ2n) is 7.90. The Bertz CT molecular complexity index is 866. The van der Waals surface area contributed by atoms with Crippen molar-refractivity contribution < 1.29 is 4.79 Å². The Labute approximate surface area is 185 Å². The Kier molecular flexibility index (Phi) is 8.35. The fourth-order valence-electron chi connectivity index (χ4n) is 3.80. The zero-order chi connectivity index (χ0) is 21.3. The number of nitrogens with one attached hydrogen (secondary N) is 1. The lowest BCUT2D eigenvalue weighted by Crippen LogP contribution is -2.39. The van der Waals surface area contributed by atoms with E-state index >= 15 is 0 Å². The number of nitrogens with zero attached hydrogens (tertiary/aromatic N) is 2. The maximum absolute atomic E-state index is 12.6. The van der Waals surface area contributed by atoms with Gasteiger partial charge in [-0.15, -0.1) is 0 Å². The van der Waals surface area contributed by atoms with Gasteiger partial charge < -0.3 is 10.2 Å². The van der Waals surface area contributed by atoms with Gasteiger partial charge in [0.2, 0.25) is 0 Å². The molecule has 2 aromatic carbocycles. The molecule has 0 spiro atoms. The van der Waals surface area contributed by atoms with Crippen molar-refractivity contribution in [1.82, 2.24) is 15.1 Å². The number of carbonyl (C=O) groups excluding carboxylic acids is 1. The average molecular weight is 426 g/mol. The first kappa shape index (κ1) is 22.4. The molecule has 1 saturated heterocycles. The van der Waals surface area contributed by atoms with Crippen LogP contribution in [0.4, 0.5) is 4.79 Å². The highest BCUT2D eigenvalue weighted by Crippen LogP contribution is 2.26. The van der Waals surface area contributed by atoms with Gasteiger partial charge in [0.25, 0.3) is 0 Å². The number of hydrogen-bond donors (Lipinski definition) is 1. The normalized spacial score (nSPS) is 14.9. The number of urea groups is 1. The second-order valence-corrected chi connectivity index (χ2v) is 8.34. The van der Waals surface area contributed by atoms with Crippen molar-refractivity contribution in [3.05, 3.63) is 76.3 Å². The molecule has 0 saturated carbocycles. The van der Waals surface area contributed by atoms with Crippen LogP contribution in [0.1, 0.15) is 42.9 Å². The molecule has 30 heavy (non-hydrogen) atoms. The SMILES string of the molecule is CCC/C=C(/CCNC(=O)N1CCN(Cc2ccccc2)C1)c1cc(Cl)ccc1C. The van der Waals surface area contributed by atoms with Crippen LogP contribution in [-0.4, -0.2) is 42.1 Å². The molecule has 1 aliphatic rings. The quantitative estimate of drug-likeness (QED) is 0.588. The smallest absolute Gasteiger partial charge is 0.318 e. The van der Waals surface area contributed by atoms with Crippen LogP contribution in [0.5, 0.6) is 0 Å². The summed E-state index contributed by atoms with van der Waals surface area (Å²) in [7, 11) is 0. The third-order valence-corrected chi connectivity index (χ3v) is 5.72. The summed E-state index contributed by atoms with van der Waals surface area (Å²) in [6.07, 6.45) is 5.20. The topological polar surface area (TPSA) is 35.6 Å². The number of halogens is 1. The maximum atomic E-state index is 12.6. The zero-order valence-corrected chi connectivity index (χ0v) is 18.8. The van der Waals surface area contributed by atoms with Gasteiger partial charge in [0, 0.05) is 31.2 Å². The van der Waals surface area contributed by atoms with Crippen LogP contribution in [0.3, 0.4) is 0 Å². The number of amides is 2. The molecular formula is C25H32ClN3O. The lowest BCUT2D eigenvalue weighted by Gasteiger charge is -2.19. The summed E-state index contributed by atoms with van der Waals surface area (Å²) in [6, 6.07) is 16.4. The Hall–Kier alpha value is -2.30. The summed E-state index contributed by atoms with van der Waals surface area (Å²) < 4.78 is 0. The van der Waals surface area contributed by atoms with E-state index in [9.17, 15) is 4.79 Å². The van der Waals surface area contributed by atoms with Gasteiger partial charge in [-0.1, -0.05) is 67.4 Å². The van der Waals surface area contributed by atoms with Crippen molar-refractivity contribution >= 4 is 23.2 Å².